The molecule has 2 aromatic rings. The first-order valence-corrected chi connectivity index (χ1v) is 12.1. The van der Waals surface area contributed by atoms with E-state index in [2.05, 4.69) is 52.4 Å². The zero-order chi connectivity index (χ0) is 21.2. The minimum absolute atomic E-state index is 0.302. The molecule has 1 aliphatic heterocycles. The zero-order valence-corrected chi connectivity index (χ0v) is 19.4. The van der Waals surface area contributed by atoms with Crippen LogP contribution >= 0.6 is 15.9 Å². The monoisotopic (exact) mass is 482 g/mol. The molecule has 1 unspecified atom stereocenters. The van der Waals surface area contributed by atoms with Crippen molar-refractivity contribution in [3.63, 3.8) is 0 Å². The molecule has 1 atom stereocenters. The smallest absolute Gasteiger partial charge is 0.231 e. The van der Waals surface area contributed by atoms with E-state index in [1.165, 1.54) is 16.7 Å². The molecule has 3 aliphatic rings. The fourth-order valence-electron chi connectivity index (χ4n) is 4.61. The van der Waals surface area contributed by atoms with Gasteiger partial charge >= 0.3 is 0 Å². The maximum Gasteiger partial charge on any atom is 0.231 e. The molecule has 2 aromatic carbocycles. The average Bonchev–Trinajstić information content (AvgIpc) is 3.25. The van der Waals surface area contributed by atoms with Gasteiger partial charge in [-0.05, 0) is 84.2 Å². The maximum atomic E-state index is 6.23. The number of alkyl halides is 1. The van der Waals surface area contributed by atoms with Crippen LogP contribution in [0, 0.1) is 5.92 Å². The van der Waals surface area contributed by atoms with Gasteiger partial charge in [0, 0.05) is 10.5 Å². The number of allylic oxidation sites excluding steroid dienone is 2. The van der Waals surface area contributed by atoms with Crippen molar-refractivity contribution in [2.24, 2.45) is 5.92 Å². The van der Waals surface area contributed by atoms with Gasteiger partial charge in [0.15, 0.2) is 23.0 Å². The Morgan fingerprint density at radius 1 is 1.10 bits per heavy atom. The van der Waals surface area contributed by atoms with Gasteiger partial charge < -0.3 is 18.9 Å². The Balaban J connectivity index is 1.68. The van der Waals surface area contributed by atoms with Crippen molar-refractivity contribution < 1.29 is 18.9 Å². The fourth-order valence-corrected chi connectivity index (χ4v) is 4.84. The summed E-state index contributed by atoms with van der Waals surface area (Å²) in [5.41, 5.74) is 3.82. The van der Waals surface area contributed by atoms with Crippen molar-refractivity contribution in [3.8, 4) is 23.0 Å². The summed E-state index contributed by atoms with van der Waals surface area (Å²) in [4.78, 5) is 0. The molecule has 0 amide bonds. The largest absolute Gasteiger partial charge is 0.493 e. The fraction of sp³-hybridized carbons (Fsp3) is 0.385. The Kier molecular flexibility index (Phi) is 5.95. The number of hydrogen-bond donors (Lipinski definition) is 0. The van der Waals surface area contributed by atoms with E-state index in [4.69, 9.17) is 18.9 Å². The van der Waals surface area contributed by atoms with Crippen LogP contribution in [0.5, 0.6) is 23.0 Å². The lowest BCUT2D eigenvalue weighted by Crippen LogP contribution is -2.28. The lowest BCUT2D eigenvalue weighted by atomic mass is 9.86. The van der Waals surface area contributed by atoms with E-state index >= 15 is 0 Å². The van der Waals surface area contributed by atoms with Crippen LogP contribution in [0.15, 0.2) is 30.3 Å². The molecule has 0 saturated carbocycles. The van der Waals surface area contributed by atoms with Crippen molar-refractivity contribution in [1.29, 1.82) is 0 Å². The Hall–Kier alpha value is -2.40. The van der Waals surface area contributed by atoms with Gasteiger partial charge in [0.05, 0.1) is 13.7 Å². The van der Waals surface area contributed by atoms with Crippen molar-refractivity contribution in [2.75, 3.05) is 25.8 Å². The molecule has 5 heteroatoms. The summed E-state index contributed by atoms with van der Waals surface area (Å²) in [6, 6.07) is 8.48. The van der Waals surface area contributed by atoms with Crippen LogP contribution in [0.2, 0.25) is 0 Å². The highest BCUT2D eigenvalue weighted by Crippen LogP contribution is 2.40. The number of hydrogen-bond acceptors (Lipinski definition) is 4. The molecular formula is C26H27BrO4. The van der Waals surface area contributed by atoms with Gasteiger partial charge in [0.2, 0.25) is 6.79 Å². The van der Waals surface area contributed by atoms with Crippen LogP contribution in [0.4, 0.5) is 0 Å². The average molecular weight is 483 g/mol. The molecule has 162 valence electrons. The highest BCUT2D eigenvalue weighted by atomic mass is 79.9. The second kappa shape index (κ2) is 8.99. The van der Waals surface area contributed by atoms with Gasteiger partial charge in [-0.25, -0.2) is 0 Å². The van der Waals surface area contributed by atoms with Gasteiger partial charge in [0.1, 0.15) is 0 Å². The molecule has 0 radical (unpaired) electrons. The van der Waals surface area contributed by atoms with E-state index in [1.54, 1.807) is 7.11 Å². The number of halogens is 1. The summed E-state index contributed by atoms with van der Waals surface area (Å²) in [7, 11) is 1.71. The van der Waals surface area contributed by atoms with E-state index in [-0.39, 0.29) is 0 Å². The molecule has 2 aliphatic carbocycles. The number of aryl methyl sites for hydroxylation is 1. The van der Waals surface area contributed by atoms with Crippen molar-refractivity contribution in [1.82, 2.24) is 0 Å². The highest BCUT2D eigenvalue weighted by Gasteiger charge is 2.22. The Labute approximate surface area is 191 Å². The normalized spacial score (nSPS) is 19.7. The van der Waals surface area contributed by atoms with Crippen molar-refractivity contribution >= 4 is 33.7 Å². The van der Waals surface area contributed by atoms with Crippen molar-refractivity contribution in [2.45, 2.75) is 32.1 Å². The molecule has 0 aromatic heterocycles. The van der Waals surface area contributed by atoms with Crippen LogP contribution in [0.25, 0.3) is 17.7 Å². The Morgan fingerprint density at radius 3 is 2.77 bits per heavy atom. The maximum absolute atomic E-state index is 6.23. The quantitative estimate of drug-likeness (QED) is 0.461. The van der Waals surface area contributed by atoms with Crippen LogP contribution in [0.1, 0.15) is 36.8 Å². The highest BCUT2D eigenvalue weighted by molar-refractivity contribution is 9.09. The van der Waals surface area contributed by atoms with Crippen molar-refractivity contribution in [3.05, 3.63) is 51.9 Å². The summed E-state index contributed by atoms with van der Waals surface area (Å²) >= 11 is 3.49. The lowest BCUT2D eigenvalue weighted by Gasteiger charge is -2.20. The summed E-state index contributed by atoms with van der Waals surface area (Å²) in [6.45, 7) is 0.959. The minimum atomic E-state index is 0.302. The molecule has 2 bridgehead atoms. The first-order valence-electron chi connectivity index (χ1n) is 11.0. The second-order valence-corrected chi connectivity index (χ2v) is 9.03. The number of fused-ring (bicyclic) bond motifs is 6. The number of ether oxygens (including phenoxy) is 4. The van der Waals surface area contributed by atoms with Crippen LogP contribution < -0.4 is 29.4 Å². The predicted molar refractivity (Wildman–Crippen MR) is 127 cm³/mol. The first-order chi connectivity index (χ1) is 15.3. The molecule has 0 fully saturated rings. The summed E-state index contributed by atoms with van der Waals surface area (Å²) < 4.78 is 23.2. The van der Waals surface area contributed by atoms with E-state index in [0.717, 1.165) is 70.9 Å². The molecule has 0 spiro atoms. The van der Waals surface area contributed by atoms with Crippen LogP contribution in [0.3, 0.4) is 0 Å². The summed E-state index contributed by atoms with van der Waals surface area (Å²) in [5, 5.41) is 3.21. The molecule has 0 N–H and O–H groups in total. The Bertz CT molecular complexity index is 1140. The lowest BCUT2D eigenvalue weighted by molar-refractivity contribution is 0.174. The SMILES string of the molecule is COc1cc/c2c(c1OCCCBr)=CCC1CC=C(\C=2)c2cc3c(cc2CC1)OCO3. The van der Waals surface area contributed by atoms with E-state index in [1.807, 2.05) is 6.07 Å². The van der Waals surface area contributed by atoms with E-state index in [0.29, 0.717) is 19.3 Å². The van der Waals surface area contributed by atoms with Crippen LogP contribution in [-0.4, -0.2) is 25.8 Å². The molecule has 0 saturated heterocycles. The van der Waals surface area contributed by atoms with Gasteiger partial charge in [0.25, 0.3) is 0 Å². The summed E-state index contributed by atoms with van der Waals surface area (Å²) in [5.74, 6) is 3.93. The second-order valence-electron chi connectivity index (χ2n) is 8.24. The molecular weight excluding hydrogens is 456 g/mol. The third-order valence-corrected chi connectivity index (χ3v) is 6.87. The number of rotatable bonds is 5. The number of benzene rings is 2. The number of methoxy groups -OCH3 is 1. The topological polar surface area (TPSA) is 36.9 Å². The minimum Gasteiger partial charge on any atom is -0.493 e. The molecule has 31 heavy (non-hydrogen) atoms. The standard InChI is InChI=1S/C26H27BrO4/c1-28-23-10-8-18-13-19-6-3-17(5-9-21(18)26(23)29-12-2-11-27)4-7-20-14-24-25(15-22(19)20)31-16-30-24/h6,8-10,13-15,17H,2-5,7,11-12,16H2,1H3/b18-13-,19-6?,21-9?. The Morgan fingerprint density at radius 2 is 1.94 bits per heavy atom. The molecule has 1 heterocycles. The van der Waals surface area contributed by atoms with Gasteiger partial charge in [-0.2, -0.15) is 0 Å². The zero-order valence-electron chi connectivity index (χ0n) is 17.8. The third kappa shape index (κ3) is 4.08. The van der Waals surface area contributed by atoms with Gasteiger partial charge in [-0.15, -0.1) is 0 Å². The first kappa shape index (κ1) is 20.5. The van der Waals surface area contributed by atoms with E-state index < -0.39 is 0 Å². The van der Waals surface area contributed by atoms with E-state index in [9.17, 15) is 0 Å². The predicted octanol–water partition coefficient (Wildman–Crippen LogP) is 4.59. The molecule has 4 nitrogen and oxygen atoms in total. The summed E-state index contributed by atoms with van der Waals surface area (Å²) in [6.07, 6.45) is 12.3. The van der Waals surface area contributed by atoms with Crippen LogP contribution in [-0.2, 0) is 6.42 Å². The third-order valence-electron chi connectivity index (χ3n) is 6.31. The molecule has 5 rings (SSSR count). The van der Waals surface area contributed by atoms with Gasteiger partial charge in [-0.1, -0.05) is 34.1 Å². The van der Waals surface area contributed by atoms with Gasteiger partial charge in [-0.3, -0.25) is 0 Å².